The molecule has 0 spiro atoms. The van der Waals surface area contributed by atoms with Gasteiger partial charge in [0.05, 0.1) is 42.7 Å². The lowest BCUT2D eigenvalue weighted by Crippen LogP contribution is -2.36. The summed E-state index contributed by atoms with van der Waals surface area (Å²) in [5.74, 6) is -0.346. The molecule has 2 aliphatic heterocycles. The Morgan fingerprint density at radius 2 is 1.89 bits per heavy atom. The van der Waals surface area contributed by atoms with Crippen LogP contribution in [0.3, 0.4) is 0 Å². The van der Waals surface area contributed by atoms with Gasteiger partial charge in [-0.05, 0) is 31.7 Å². The van der Waals surface area contributed by atoms with Crippen LogP contribution in [0.1, 0.15) is 16.9 Å². The van der Waals surface area contributed by atoms with E-state index in [1.165, 1.54) is 5.69 Å². The van der Waals surface area contributed by atoms with Gasteiger partial charge in [-0.25, -0.2) is 9.97 Å². The molecule has 1 amide bonds. The van der Waals surface area contributed by atoms with Crippen molar-refractivity contribution in [1.29, 1.82) is 0 Å². The number of carbonyl (C=O) groups is 1. The fraction of sp³-hybridized carbons (Fsp3) is 0.360. The number of nitrogens with two attached hydrogens (primary N) is 1. The van der Waals surface area contributed by atoms with Crippen LogP contribution in [-0.4, -0.2) is 73.3 Å². The number of carbonyl (C=O) groups excluding carboxylic acids is 1. The molecule has 4 heterocycles. The van der Waals surface area contributed by atoms with Gasteiger partial charge in [0.15, 0.2) is 11.5 Å². The molecule has 2 aromatic heterocycles. The van der Waals surface area contributed by atoms with Gasteiger partial charge >= 0.3 is 0 Å². The minimum atomic E-state index is -0.425. The fourth-order valence-corrected chi connectivity index (χ4v) is 4.52. The minimum Gasteiger partial charge on any atom is -0.382 e. The molecule has 0 aliphatic carbocycles. The van der Waals surface area contributed by atoms with E-state index in [0.717, 1.165) is 43.9 Å². The normalized spacial score (nSPS) is 18.0. The second kappa shape index (κ2) is 10.2. The largest absolute Gasteiger partial charge is 0.382 e. The van der Waals surface area contributed by atoms with E-state index in [0.29, 0.717) is 30.6 Å². The lowest BCUT2D eigenvalue weighted by molar-refractivity contribution is 0.102. The number of nitrogens with one attached hydrogen (secondary N) is 2. The summed E-state index contributed by atoms with van der Waals surface area (Å²) in [5.41, 5.74) is 10.2. The van der Waals surface area contributed by atoms with Crippen molar-refractivity contribution in [1.82, 2.24) is 20.3 Å². The maximum absolute atomic E-state index is 13.2. The molecule has 4 N–H and O–H groups in total. The molecule has 2 fully saturated rings. The van der Waals surface area contributed by atoms with E-state index in [9.17, 15) is 4.79 Å². The number of nitrogens with zero attached hydrogens (tertiary/aromatic N) is 5. The second-order valence-corrected chi connectivity index (χ2v) is 8.70. The number of morpholine rings is 1. The lowest BCUT2D eigenvalue weighted by atomic mass is 10.1. The van der Waals surface area contributed by atoms with Crippen LogP contribution in [0.15, 0.2) is 48.9 Å². The third kappa shape index (κ3) is 5.03. The standard InChI is InChI=1S/C25H30N8O2/c1-27-18-7-9-33(16-18)19-4-2-17(3-5-19)20-15-29-24(26)23(30-20)25(34)31-21-14-28-8-6-22(21)32-10-12-35-13-11-32/h2-6,8,14-15,18,27H,7,9-13,16H2,1H3,(H2,26,29)(H,31,34)/t18-/m1/s1. The zero-order valence-electron chi connectivity index (χ0n) is 19.8. The average Bonchev–Trinajstić information content (AvgIpc) is 3.39. The molecule has 1 aromatic carbocycles. The Balaban J connectivity index is 1.34. The molecule has 2 saturated heterocycles. The first-order valence-corrected chi connectivity index (χ1v) is 11.9. The van der Waals surface area contributed by atoms with Crippen LogP contribution >= 0.6 is 0 Å². The van der Waals surface area contributed by atoms with E-state index in [1.807, 2.05) is 25.2 Å². The Morgan fingerprint density at radius 3 is 2.63 bits per heavy atom. The molecule has 10 nitrogen and oxygen atoms in total. The maximum atomic E-state index is 13.2. The first kappa shape index (κ1) is 23.0. The van der Waals surface area contributed by atoms with Gasteiger partial charge in [-0.3, -0.25) is 9.78 Å². The number of likely N-dealkylation sites (N-methyl/N-ethyl adjacent to an activating group) is 1. The molecule has 35 heavy (non-hydrogen) atoms. The predicted molar refractivity (Wildman–Crippen MR) is 137 cm³/mol. The summed E-state index contributed by atoms with van der Waals surface area (Å²) in [6.45, 7) is 4.78. The number of aromatic nitrogens is 3. The number of pyridine rings is 1. The Hall–Kier alpha value is -3.76. The van der Waals surface area contributed by atoms with Crippen LogP contribution in [-0.2, 0) is 4.74 Å². The zero-order chi connectivity index (χ0) is 24.2. The van der Waals surface area contributed by atoms with Crippen molar-refractivity contribution >= 4 is 28.8 Å². The van der Waals surface area contributed by atoms with E-state index in [1.54, 1.807) is 18.6 Å². The molecule has 10 heteroatoms. The van der Waals surface area contributed by atoms with Gasteiger partial charge in [0.2, 0.25) is 0 Å². The van der Waals surface area contributed by atoms with E-state index in [2.05, 4.69) is 47.5 Å². The van der Waals surface area contributed by atoms with Crippen molar-refractivity contribution < 1.29 is 9.53 Å². The smallest absolute Gasteiger partial charge is 0.278 e. The van der Waals surface area contributed by atoms with Crippen LogP contribution in [0.25, 0.3) is 11.3 Å². The molecule has 182 valence electrons. The monoisotopic (exact) mass is 474 g/mol. The topological polar surface area (TPSA) is 122 Å². The second-order valence-electron chi connectivity index (χ2n) is 8.70. The number of ether oxygens (including phenoxy) is 1. The highest BCUT2D eigenvalue weighted by atomic mass is 16.5. The van der Waals surface area contributed by atoms with Gasteiger partial charge < -0.3 is 30.9 Å². The Bertz CT molecular complexity index is 1180. The third-order valence-corrected chi connectivity index (χ3v) is 6.54. The van der Waals surface area contributed by atoms with E-state index >= 15 is 0 Å². The molecule has 0 bridgehead atoms. The van der Waals surface area contributed by atoms with Crippen molar-refractivity contribution in [3.8, 4) is 11.3 Å². The van der Waals surface area contributed by atoms with Gasteiger partial charge in [0, 0.05) is 49.7 Å². The zero-order valence-corrected chi connectivity index (χ0v) is 19.8. The van der Waals surface area contributed by atoms with Gasteiger partial charge in [-0.1, -0.05) is 12.1 Å². The van der Waals surface area contributed by atoms with Crippen molar-refractivity contribution in [2.24, 2.45) is 0 Å². The first-order valence-electron chi connectivity index (χ1n) is 11.9. The minimum absolute atomic E-state index is 0.0786. The summed E-state index contributed by atoms with van der Waals surface area (Å²) >= 11 is 0. The Labute approximate surface area is 204 Å². The van der Waals surface area contributed by atoms with Crippen molar-refractivity contribution in [2.75, 3.05) is 67.3 Å². The summed E-state index contributed by atoms with van der Waals surface area (Å²) in [6.07, 6.45) is 6.06. The van der Waals surface area contributed by atoms with Crippen LogP contribution in [0.4, 0.5) is 22.9 Å². The summed E-state index contributed by atoms with van der Waals surface area (Å²) in [6, 6.07) is 10.6. The van der Waals surface area contributed by atoms with Crippen molar-refractivity contribution in [3.05, 3.63) is 54.6 Å². The average molecular weight is 475 g/mol. The molecule has 2 aliphatic rings. The number of nitrogen functional groups attached to an aromatic ring is 1. The molecule has 0 saturated carbocycles. The molecule has 1 atom stereocenters. The summed E-state index contributed by atoms with van der Waals surface area (Å²) in [4.78, 5) is 30.7. The van der Waals surface area contributed by atoms with Crippen LogP contribution in [0.2, 0.25) is 0 Å². The predicted octanol–water partition coefficient (Wildman–Crippen LogP) is 2.01. The van der Waals surface area contributed by atoms with Crippen LogP contribution in [0.5, 0.6) is 0 Å². The van der Waals surface area contributed by atoms with E-state index < -0.39 is 5.91 Å². The first-order chi connectivity index (χ1) is 17.1. The van der Waals surface area contributed by atoms with Gasteiger partial charge in [-0.15, -0.1) is 0 Å². The van der Waals surface area contributed by atoms with Crippen molar-refractivity contribution in [3.63, 3.8) is 0 Å². The number of hydrogen-bond acceptors (Lipinski definition) is 9. The number of hydrogen-bond donors (Lipinski definition) is 3. The van der Waals surface area contributed by atoms with E-state index in [4.69, 9.17) is 10.5 Å². The lowest BCUT2D eigenvalue weighted by Gasteiger charge is -2.30. The van der Waals surface area contributed by atoms with Crippen LogP contribution < -0.4 is 26.2 Å². The van der Waals surface area contributed by atoms with Gasteiger partial charge in [-0.2, -0.15) is 0 Å². The molecular weight excluding hydrogens is 444 g/mol. The number of benzene rings is 1. The summed E-state index contributed by atoms with van der Waals surface area (Å²) < 4.78 is 5.44. The van der Waals surface area contributed by atoms with E-state index in [-0.39, 0.29) is 11.5 Å². The SMILES string of the molecule is CN[C@@H]1CCN(c2ccc(-c3cnc(N)c(C(=O)Nc4cnccc4N4CCOCC4)n3)cc2)C1. The summed E-state index contributed by atoms with van der Waals surface area (Å²) in [5, 5.41) is 6.26. The maximum Gasteiger partial charge on any atom is 0.278 e. The highest BCUT2D eigenvalue weighted by Gasteiger charge is 2.22. The number of anilines is 4. The van der Waals surface area contributed by atoms with Crippen LogP contribution in [0, 0.1) is 0 Å². The third-order valence-electron chi connectivity index (χ3n) is 6.54. The highest BCUT2D eigenvalue weighted by Crippen LogP contribution is 2.28. The number of amides is 1. The summed E-state index contributed by atoms with van der Waals surface area (Å²) in [7, 11) is 2.00. The molecular formula is C25H30N8O2. The Morgan fingerprint density at radius 1 is 1.09 bits per heavy atom. The quantitative estimate of drug-likeness (QED) is 0.492. The Kier molecular flexibility index (Phi) is 6.73. The number of rotatable bonds is 6. The molecule has 5 rings (SSSR count). The highest BCUT2D eigenvalue weighted by molar-refractivity contribution is 6.07. The molecule has 0 radical (unpaired) electrons. The molecule has 3 aromatic rings. The van der Waals surface area contributed by atoms with Crippen molar-refractivity contribution in [2.45, 2.75) is 12.5 Å². The van der Waals surface area contributed by atoms with Gasteiger partial charge in [0.25, 0.3) is 5.91 Å². The molecule has 0 unspecified atom stereocenters. The fourth-order valence-electron chi connectivity index (χ4n) is 4.52. The van der Waals surface area contributed by atoms with Gasteiger partial charge in [0.1, 0.15) is 0 Å².